The molecule has 0 aliphatic rings. The first-order valence-corrected chi connectivity index (χ1v) is 5.32. The van der Waals surface area contributed by atoms with Crippen molar-refractivity contribution in [3.63, 3.8) is 0 Å². The van der Waals surface area contributed by atoms with E-state index in [1.165, 1.54) is 6.26 Å². The van der Waals surface area contributed by atoms with Crippen LogP contribution in [-0.4, -0.2) is 18.8 Å². The van der Waals surface area contributed by atoms with Gasteiger partial charge in [-0.2, -0.15) is 0 Å². The zero-order valence-corrected chi connectivity index (χ0v) is 10.2. The summed E-state index contributed by atoms with van der Waals surface area (Å²) in [6, 6.07) is 0. The average molecular weight is 200 g/mol. The van der Waals surface area contributed by atoms with Gasteiger partial charge in [-0.3, -0.25) is 0 Å². The molecule has 0 heterocycles. The first-order chi connectivity index (χ1) is 6.44. The minimum Gasteiger partial charge on any atom is -0.496 e. The Morgan fingerprint density at radius 3 is 2.29 bits per heavy atom. The largest absolute Gasteiger partial charge is 0.496 e. The quantitative estimate of drug-likeness (QED) is 0.587. The summed E-state index contributed by atoms with van der Waals surface area (Å²) >= 11 is 0. The van der Waals surface area contributed by atoms with Gasteiger partial charge in [0.05, 0.1) is 19.0 Å². The summed E-state index contributed by atoms with van der Waals surface area (Å²) in [5.41, 5.74) is 0.128. The van der Waals surface area contributed by atoms with Gasteiger partial charge in [-0.25, -0.2) is 0 Å². The van der Waals surface area contributed by atoms with Gasteiger partial charge in [0.1, 0.15) is 6.10 Å². The second-order valence-electron chi connectivity index (χ2n) is 4.52. The lowest BCUT2D eigenvalue weighted by Crippen LogP contribution is -2.35. The van der Waals surface area contributed by atoms with Crippen molar-refractivity contribution in [2.24, 2.45) is 5.41 Å². The zero-order valence-electron chi connectivity index (χ0n) is 10.2. The first-order valence-electron chi connectivity index (χ1n) is 5.32. The summed E-state index contributed by atoms with van der Waals surface area (Å²) in [4.78, 5) is 0. The van der Waals surface area contributed by atoms with E-state index in [9.17, 15) is 0 Å². The summed E-state index contributed by atoms with van der Waals surface area (Å²) in [5.74, 6) is 0. The molecule has 0 aliphatic carbocycles. The second-order valence-corrected chi connectivity index (χ2v) is 4.52. The summed E-state index contributed by atoms with van der Waals surface area (Å²) in [7, 11) is 0. The summed E-state index contributed by atoms with van der Waals surface area (Å²) in [5, 5.41) is 0. The van der Waals surface area contributed by atoms with E-state index >= 15 is 0 Å². The molecule has 2 heteroatoms. The van der Waals surface area contributed by atoms with E-state index in [2.05, 4.69) is 27.4 Å². The second kappa shape index (κ2) is 6.07. The van der Waals surface area contributed by atoms with Crippen molar-refractivity contribution in [2.45, 2.75) is 53.2 Å². The van der Waals surface area contributed by atoms with Crippen LogP contribution in [0.15, 0.2) is 12.8 Å². The van der Waals surface area contributed by atoms with Crippen LogP contribution in [0.25, 0.3) is 0 Å². The molecule has 1 atom stereocenters. The monoisotopic (exact) mass is 200 g/mol. The lowest BCUT2D eigenvalue weighted by Gasteiger charge is -2.32. The molecule has 0 N–H and O–H groups in total. The Labute approximate surface area is 88.3 Å². The maximum atomic E-state index is 5.57. The molecule has 0 saturated carbocycles. The molecule has 0 aliphatic heterocycles. The number of ether oxygens (including phenoxy) is 2. The molecule has 0 aromatic carbocycles. The SMILES string of the molecule is C=COC(COC(C)C)C(C)(C)CC. The van der Waals surface area contributed by atoms with E-state index in [0.717, 1.165) is 6.42 Å². The standard InChI is InChI=1S/C12H24O2/c1-7-12(5,6)11(13-8-2)9-14-10(3)4/h8,10-11H,2,7,9H2,1,3-6H3. The number of hydrogen-bond donors (Lipinski definition) is 0. The Morgan fingerprint density at radius 2 is 1.93 bits per heavy atom. The minimum absolute atomic E-state index is 0.0902. The fourth-order valence-corrected chi connectivity index (χ4v) is 1.07. The molecule has 0 saturated heterocycles. The average Bonchev–Trinajstić information content (AvgIpc) is 2.11. The molecule has 0 rings (SSSR count). The van der Waals surface area contributed by atoms with Crippen molar-refractivity contribution in [1.82, 2.24) is 0 Å². The van der Waals surface area contributed by atoms with Crippen LogP contribution in [0.4, 0.5) is 0 Å². The van der Waals surface area contributed by atoms with Crippen LogP contribution in [0.3, 0.4) is 0 Å². The molecule has 0 spiro atoms. The van der Waals surface area contributed by atoms with Gasteiger partial charge in [-0.15, -0.1) is 0 Å². The molecule has 0 aromatic heterocycles. The Bertz CT molecular complexity index is 162. The van der Waals surface area contributed by atoms with Gasteiger partial charge in [0.15, 0.2) is 0 Å². The van der Waals surface area contributed by atoms with Crippen molar-refractivity contribution in [2.75, 3.05) is 6.61 Å². The highest BCUT2D eigenvalue weighted by molar-refractivity contribution is 4.79. The van der Waals surface area contributed by atoms with Gasteiger partial charge in [0.2, 0.25) is 0 Å². The third-order valence-electron chi connectivity index (χ3n) is 2.62. The molecule has 1 unspecified atom stereocenters. The van der Waals surface area contributed by atoms with E-state index in [-0.39, 0.29) is 17.6 Å². The molecule has 0 amide bonds. The fourth-order valence-electron chi connectivity index (χ4n) is 1.07. The fraction of sp³-hybridized carbons (Fsp3) is 0.833. The third kappa shape index (κ3) is 4.66. The Hall–Kier alpha value is -0.500. The highest BCUT2D eigenvalue weighted by Crippen LogP contribution is 2.27. The van der Waals surface area contributed by atoms with E-state index < -0.39 is 0 Å². The molecule has 0 radical (unpaired) electrons. The summed E-state index contributed by atoms with van der Waals surface area (Å²) in [6.45, 7) is 14.8. The number of rotatable bonds is 7. The lowest BCUT2D eigenvalue weighted by atomic mass is 9.84. The van der Waals surface area contributed by atoms with E-state index in [4.69, 9.17) is 9.47 Å². The van der Waals surface area contributed by atoms with Crippen LogP contribution in [0.1, 0.15) is 41.0 Å². The molecule has 0 bridgehead atoms. The van der Waals surface area contributed by atoms with Gasteiger partial charge < -0.3 is 9.47 Å². The third-order valence-corrected chi connectivity index (χ3v) is 2.62. The minimum atomic E-state index is 0.0902. The van der Waals surface area contributed by atoms with Gasteiger partial charge in [-0.05, 0) is 20.3 Å². The molecule has 14 heavy (non-hydrogen) atoms. The highest BCUT2D eigenvalue weighted by Gasteiger charge is 2.29. The van der Waals surface area contributed by atoms with Gasteiger partial charge in [0.25, 0.3) is 0 Å². The van der Waals surface area contributed by atoms with E-state index in [1.807, 2.05) is 13.8 Å². The van der Waals surface area contributed by atoms with Crippen molar-refractivity contribution < 1.29 is 9.47 Å². The van der Waals surface area contributed by atoms with Gasteiger partial charge >= 0.3 is 0 Å². The molecule has 0 aromatic rings. The predicted molar refractivity (Wildman–Crippen MR) is 60.2 cm³/mol. The molecule has 2 nitrogen and oxygen atoms in total. The van der Waals surface area contributed by atoms with Crippen molar-refractivity contribution in [1.29, 1.82) is 0 Å². The van der Waals surface area contributed by atoms with Crippen molar-refractivity contribution in [3.8, 4) is 0 Å². The molecule has 0 fully saturated rings. The maximum absolute atomic E-state index is 5.57. The lowest BCUT2D eigenvalue weighted by molar-refractivity contribution is -0.0536. The molecular formula is C12H24O2. The normalized spacial score (nSPS) is 14.1. The van der Waals surface area contributed by atoms with Crippen molar-refractivity contribution in [3.05, 3.63) is 12.8 Å². The number of hydrogen-bond acceptors (Lipinski definition) is 2. The van der Waals surface area contributed by atoms with Crippen LogP contribution < -0.4 is 0 Å². The first kappa shape index (κ1) is 13.5. The van der Waals surface area contributed by atoms with E-state index in [1.54, 1.807) is 0 Å². The Balaban J connectivity index is 4.20. The smallest absolute Gasteiger partial charge is 0.126 e. The summed E-state index contributed by atoms with van der Waals surface area (Å²) in [6.07, 6.45) is 2.91. The molecule has 84 valence electrons. The molecular weight excluding hydrogens is 176 g/mol. The van der Waals surface area contributed by atoms with Crippen molar-refractivity contribution >= 4 is 0 Å². The Morgan fingerprint density at radius 1 is 1.36 bits per heavy atom. The maximum Gasteiger partial charge on any atom is 0.126 e. The van der Waals surface area contributed by atoms with Crippen LogP contribution in [-0.2, 0) is 9.47 Å². The highest BCUT2D eigenvalue weighted by atomic mass is 16.5. The van der Waals surface area contributed by atoms with Crippen LogP contribution in [0.5, 0.6) is 0 Å². The van der Waals surface area contributed by atoms with Crippen LogP contribution >= 0.6 is 0 Å². The topological polar surface area (TPSA) is 18.5 Å². The van der Waals surface area contributed by atoms with Crippen LogP contribution in [0.2, 0.25) is 0 Å². The van der Waals surface area contributed by atoms with E-state index in [0.29, 0.717) is 6.61 Å². The predicted octanol–water partition coefficient (Wildman–Crippen LogP) is 3.38. The van der Waals surface area contributed by atoms with Crippen LogP contribution in [0, 0.1) is 5.41 Å². The van der Waals surface area contributed by atoms with Gasteiger partial charge in [0, 0.05) is 5.41 Å². The van der Waals surface area contributed by atoms with Gasteiger partial charge in [-0.1, -0.05) is 27.4 Å². The zero-order chi connectivity index (χ0) is 11.2. The summed E-state index contributed by atoms with van der Waals surface area (Å²) < 4.78 is 11.1. The Kier molecular flexibility index (Phi) is 5.86.